The van der Waals surface area contributed by atoms with E-state index in [1.54, 1.807) is 23.4 Å². The van der Waals surface area contributed by atoms with Crippen molar-refractivity contribution in [2.75, 3.05) is 32.9 Å². The molecule has 2 aromatic rings. The highest BCUT2D eigenvalue weighted by molar-refractivity contribution is 5.78. The molecule has 1 aromatic carbocycles. The molecule has 1 aliphatic rings. The second kappa shape index (κ2) is 8.29. The second-order valence-electron chi connectivity index (χ2n) is 6.68. The van der Waals surface area contributed by atoms with E-state index >= 15 is 0 Å². The summed E-state index contributed by atoms with van der Waals surface area (Å²) in [6.07, 6.45) is 3.61. The molecule has 1 saturated heterocycles. The number of carbonyl (C=O) groups excluding carboxylic acids is 1. The van der Waals surface area contributed by atoms with Gasteiger partial charge in [-0.15, -0.1) is 0 Å². The molecule has 138 valence electrons. The van der Waals surface area contributed by atoms with Gasteiger partial charge in [0.1, 0.15) is 18.0 Å². The number of hydrogen-bond acceptors (Lipinski definition) is 5. The molecule has 1 N–H and O–H groups in total. The van der Waals surface area contributed by atoms with Gasteiger partial charge in [-0.3, -0.25) is 9.78 Å². The average Bonchev–Trinajstić information content (AvgIpc) is 2.84. The number of aliphatic hydroxyl groups is 1. The maximum absolute atomic E-state index is 12.6. The molecule has 0 aliphatic carbocycles. The number of nitrogens with zero attached hydrogens (tertiary/aromatic N) is 2. The van der Waals surface area contributed by atoms with Crippen molar-refractivity contribution in [2.45, 2.75) is 18.9 Å². The van der Waals surface area contributed by atoms with Crippen LogP contribution in [0.25, 0.3) is 0 Å². The van der Waals surface area contributed by atoms with E-state index in [-0.39, 0.29) is 32.1 Å². The summed E-state index contributed by atoms with van der Waals surface area (Å²) >= 11 is 0. The molecular formula is C20H24N2O4. The van der Waals surface area contributed by atoms with Crippen LogP contribution in [-0.4, -0.2) is 59.4 Å². The molecule has 26 heavy (non-hydrogen) atoms. The maximum Gasteiger partial charge on any atom is 0.227 e. The fourth-order valence-corrected chi connectivity index (χ4v) is 2.94. The highest BCUT2D eigenvalue weighted by Gasteiger charge is 2.35. The van der Waals surface area contributed by atoms with E-state index in [1.807, 2.05) is 37.3 Å². The smallest absolute Gasteiger partial charge is 0.227 e. The number of hydrogen-bond donors (Lipinski definition) is 1. The van der Waals surface area contributed by atoms with Crippen molar-refractivity contribution in [1.82, 2.24) is 9.88 Å². The van der Waals surface area contributed by atoms with E-state index < -0.39 is 5.60 Å². The van der Waals surface area contributed by atoms with Crippen LogP contribution in [0.3, 0.4) is 0 Å². The average molecular weight is 356 g/mol. The number of ether oxygens (including phenoxy) is 2. The van der Waals surface area contributed by atoms with Gasteiger partial charge in [0.2, 0.25) is 5.91 Å². The number of carbonyl (C=O) groups is 1. The van der Waals surface area contributed by atoms with Gasteiger partial charge in [0, 0.05) is 18.9 Å². The molecule has 1 aliphatic heterocycles. The van der Waals surface area contributed by atoms with E-state index in [0.717, 1.165) is 16.9 Å². The number of rotatable bonds is 5. The van der Waals surface area contributed by atoms with Gasteiger partial charge in [0.15, 0.2) is 0 Å². The number of β-amino-alcohol motifs (C(OH)–C–C–N with tert-alkyl or cyclic N) is 1. The molecule has 1 aromatic heterocycles. The van der Waals surface area contributed by atoms with Crippen LogP contribution < -0.4 is 4.74 Å². The first-order chi connectivity index (χ1) is 12.6. The summed E-state index contributed by atoms with van der Waals surface area (Å²) in [7, 11) is 0. The molecule has 2 heterocycles. The highest BCUT2D eigenvalue weighted by atomic mass is 16.5. The number of para-hydroxylation sites is 1. The summed E-state index contributed by atoms with van der Waals surface area (Å²) in [6.45, 7) is 3.17. The standard InChI is InChI=1S/C20H24N2O4/c1-16-5-2-3-7-18(16)26-15-20(24)13-22(9-10-25-14-20)19(23)11-17-6-4-8-21-12-17/h2-8,12,24H,9-11,13-15H2,1H3. The monoisotopic (exact) mass is 356 g/mol. The Morgan fingerprint density at radius 1 is 1.35 bits per heavy atom. The van der Waals surface area contributed by atoms with Crippen LogP contribution in [0.5, 0.6) is 5.75 Å². The van der Waals surface area contributed by atoms with Crippen LogP contribution in [-0.2, 0) is 16.0 Å². The molecule has 1 amide bonds. The van der Waals surface area contributed by atoms with Gasteiger partial charge < -0.3 is 19.5 Å². The zero-order chi connectivity index (χ0) is 18.4. The predicted molar refractivity (Wildman–Crippen MR) is 97.0 cm³/mol. The molecule has 0 bridgehead atoms. The van der Waals surface area contributed by atoms with E-state index in [0.29, 0.717) is 13.2 Å². The second-order valence-corrected chi connectivity index (χ2v) is 6.68. The van der Waals surface area contributed by atoms with Crippen molar-refractivity contribution in [3.05, 3.63) is 59.9 Å². The van der Waals surface area contributed by atoms with E-state index in [1.165, 1.54) is 0 Å². The van der Waals surface area contributed by atoms with Gasteiger partial charge in [-0.25, -0.2) is 0 Å². The van der Waals surface area contributed by atoms with Crippen molar-refractivity contribution in [1.29, 1.82) is 0 Å². The fraction of sp³-hybridized carbons (Fsp3) is 0.400. The Hall–Kier alpha value is -2.44. The minimum Gasteiger partial charge on any atom is -0.490 e. The van der Waals surface area contributed by atoms with Gasteiger partial charge in [-0.05, 0) is 30.2 Å². The molecular weight excluding hydrogens is 332 g/mol. The van der Waals surface area contributed by atoms with Crippen LogP contribution in [0, 0.1) is 6.92 Å². The molecule has 3 rings (SSSR count). The van der Waals surface area contributed by atoms with E-state index in [4.69, 9.17) is 9.47 Å². The summed E-state index contributed by atoms with van der Waals surface area (Å²) in [5, 5.41) is 10.9. The third-order valence-electron chi connectivity index (χ3n) is 4.38. The van der Waals surface area contributed by atoms with Crippen LogP contribution in [0.4, 0.5) is 0 Å². The molecule has 1 unspecified atom stereocenters. The van der Waals surface area contributed by atoms with Crippen molar-refractivity contribution in [3.8, 4) is 5.75 Å². The SMILES string of the molecule is Cc1ccccc1OCC1(O)COCCN(C(=O)Cc2cccnc2)C1. The lowest BCUT2D eigenvalue weighted by Gasteiger charge is -2.31. The Bertz CT molecular complexity index is 738. The zero-order valence-corrected chi connectivity index (χ0v) is 14.9. The molecule has 6 heteroatoms. The van der Waals surface area contributed by atoms with Crippen molar-refractivity contribution in [2.24, 2.45) is 0 Å². The maximum atomic E-state index is 12.6. The normalized spacial score (nSPS) is 20.5. The first kappa shape index (κ1) is 18.4. The quantitative estimate of drug-likeness (QED) is 0.881. The Morgan fingerprint density at radius 3 is 2.96 bits per heavy atom. The number of aryl methyl sites for hydroxylation is 1. The Kier molecular flexibility index (Phi) is 5.85. The molecule has 0 spiro atoms. The van der Waals surface area contributed by atoms with Crippen LogP contribution >= 0.6 is 0 Å². The third kappa shape index (κ3) is 4.80. The minimum absolute atomic E-state index is 0.0576. The number of pyridine rings is 1. The third-order valence-corrected chi connectivity index (χ3v) is 4.38. The van der Waals surface area contributed by atoms with Crippen molar-refractivity contribution >= 4 is 5.91 Å². The van der Waals surface area contributed by atoms with Crippen molar-refractivity contribution in [3.63, 3.8) is 0 Å². The topological polar surface area (TPSA) is 71.9 Å². The van der Waals surface area contributed by atoms with E-state index in [9.17, 15) is 9.90 Å². The summed E-state index contributed by atoms with van der Waals surface area (Å²) in [5.74, 6) is 0.663. The Morgan fingerprint density at radius 2 is 2.19 bits per heavy atom. The van der Waals surface area contributed by atoms with Gasteiger partial charge in [0.25, 0.3) is 0 Å². The van der Waals surface area contributed by atoms with E-state index in [2.05, 4.69) is 4.98 Å². The number of benzene rings is 1. The lowest BCUT2D eigenvalue weighted by Crippen LogP contribution is -2.50. The fourth-order valence-electron chi connectivity index (χ4n) is 2.94. The summed E-state index contributed by atoms with van der Waals surface area (Å²) < 4.78 is 11.3. The number of aromatic nitrogens is 1. The van der Waals surface area contributed by atoms with Crippen LogP contribution in [0.15, 0.2) is 48.8 Å². The highest BCUT2D eigenvalue weighted by Crippen LogP contribution is 2.20. The van der Waals surface area contributed by atoms with Crippen molar-refractivity contribution < 1.29 is 19.4 Å². The Balaban J connectivity index is 1.64. The lowest BCUT2D eigenvalue weighted by atomic mass is 10.1. The first-order valence-corrected chi connectivity index (χ1v) is 8.71. The largest absolute Gasteiger partial charge is 0.490 e. The minimum atomic E-state index is -1.25. The predicted octanol–water partition coefficient (Wildman–Crippen LogP) is 1.60. The zero-order valence-electron chi connectivity index (χ0n) is 14.9. The summed E-state index contributed by atoms with van der Waals surface area (Å²) in [5.41, 5.74) is 0.598. The lowest BCUT2D eigenvalue weighted by molar-refractivity contribution is -0.134. The number of amides is 1. The first-order valence-electron chi connectivity index (χ1n) is 8.71. The van der Waals surface area contributed by atoms with Gasteiger partial charge in [0.05, 0.1) is 26.2 Å². The van der Waals surface area contributed by atoms with Gasteiger partial charge in [-0.1, -0.05) is 24.3 Å². The van der Waals surface area contributed by atoms with Crippen LogP contribution in [0.2, 0.25) is 0 Å². The Labute approximate surface area is 153 Å². The summed E-state index contributed by atoms with van der Waals surface area (Å²) in [4.78, 5) is 18.3. The molecule has 1 fully saturated rings. The molecule has 0 saturated carbocycles. The summed E-state index contributed by atoms with van der Waals surface area (Å²) in [6, 6.07) is 11.3. The van der Waals surface area contributed by atoms with Crippen LogP contribution in [0.1, 0.15) is 11.1 Å². The van der Waals surface area contributed by atoms with Gasteiger partial charge in [-0.2, -0.15) is 0 Å². The molecule has 6 nitrogen and oxygen atoms in total. The molecule has 1 atom stereocenters. The molecule has 0 radical (unpaired) electrons. The van der Waals surface area contributed by atoms with Gasteiger partial charge >= 0.3 is 0 Å².